The van der Waals surface area contributed by atoms with Gasteiger partial charge in [0.15, 0.2) is 0 Å². The van der Waals surface area contributed by atoms with Crippen LogP contribution in [0.4, 0.5) is 0 Å². The molecule has 2 aromatic carbocycles. The van der Waals surface area contributed by atoms with Gasteiger partial charge in [0, 0.05) is 17.6 Å². The Morgan fingerprint density at radius 1 is 1.17 bits per heavy atom. The van der Waals surface area contributed by atoms with Crippen LogP contribution < -0.4 is 5.32 Å². The lowest BCUT2D eigenvalue weighted by Crippen LogP contribution is -2.42. The summed E-state index contributed by atoms with van der Waals surface area (Å²) in [6.07, 6.45) is 1.32. The molecule has 0 saturated carbocycles. The van der Waals surface area contributed by atoms with Crippen molar-refractivity contribution in [3.63, 3.8) is 0 Å². The number of aliphatic hydroxyl groups excluding tert-OH is 1. The second-order valence-electron chi connectivity index (χ2n) is 7.43. The predicted molar refractivity (Wildman–Crippen MR) is 98.5 cm³/mol. The number of β-amino-alcohol motifs (C(OH)–C–C–N with tert-alkyl or cyclic N) is 1. The van der Waals surface area contributed by atoms with E-state index < -0.39 is 6.10 Å². The van der Waals surface area contributed by atoms with E-state index in [0.29, 0.717) is 6.54 Å². The monoisotopic (exact) mass is 326 g/mol. The Morgan fingerprint density at radius 3 is 2.75 bits per heavy atom. The van der Waals surface area contributed by atoms with Gasteiger partial charge in [0.2, 0.25) is 0 Å². The van der Waals surface area contributed by atoms with Crippen LogP contribution in [0.5, 0.6) is 0 Å². The van der Waals surface area contributed by atoms with Crippen LogP contribution in [0.2, 0.25) is 0 Å². The summed E-state index contributed by atoms with van der Waals surface area (Å²) in [5.74, 6) is 0. The van der Waals surface area contributed by atoms with E-state index in [0.717, 1.165) is 18.6 Å². The summed E-state index contributed by atoms with van der Waals surface area (Å²) in [6, 6.07) is 12.7. The molecule has 0 radical (unpaired) electrons. The molecular weight excluding hydrogens is 300 g/mol. The van der Waals surface area contributed by atoms with Gasteiger partial charge in [-0.3, -0.25) is 0 Å². The van der Waals surface area contributed by atoms with Crippen LogP contribution in [0, 0.1) is 0 Å². The maximum atomic E-state index is 9.97. The number of aryl methyl sites for hydroxylation is 1. The zero-order valence-corrected chi connectivity index (χ0v) is 14.7. The van der Waals surface area contributed by atoms with Crippen molar-refractivity contribution < 1.29 is 9.94 Å². The Balaban J connectivity index is 1.64. The summed E-state index contributed by atoms with van der Waals surface area (Å²) in [4.78, 5) is 5.41. The first-order valence-electron chi connectivity index (χ1n) is 8.57. The lowest BCUT2D eigenvalue weighted by Gasteiger charge is -2.22. The summed E-state index contributed by atoms with van der Waals surface area (Å²) in [7, 11) is 0. The van der Waals surface area contributed by atoms with Crippen molar-refractivity contribution in [3.8, 4) is 0 Å². The Kier molecular flexibility index (Phi) is 4.88. The van der Waals surface area contributed by atoms with Gasteiger partial charge in [-0.05, 0) is 49.9 Å². The first kappa shape index (κ1) is 16.9. The fourth-order valence-electron chi connectivity index (χ4n) is 3.03. The molecule has 0 fully saturated rings. The van der Waals surface area contributed by atoms with Gasteiger partial charge in [-0.15, -0.1) is 0 Å². The fourth-order valence-corrected chi connectivity index (χ4v) is 3.03. The summed E-state index contributed by atoms with van der Waals surface area (Å²) >= 11 is 0. The largest absolute Gasteiger partial charge is 0.393 e. The zero-order valence-electron chi connectivity index (χ0n) is 14.7. The Labute approximate surface area is 143 Å². The third kappa shape index (κ3) is 3.94. The van der Waals surface area contributed by atoms with Crippen LogP contribution in [0.25, 0.3) is 10.8 Å². The van der Waals surface area contributed by atoms with E-state index in [1.807, 2.05) is 0 Å². The first-order chi connectivity index (χ1) is 11.4. The van der Waals surface area contributed by atoms with Gasteiger partial charge in [-0.25, -0.2) is 0 Å². The molecule has 1 aliphatic rings. The molecule has 0 saturated heterocycles. The van der Waals surface area contributed by atoms with E-state index in [2.05, 4.69) is 67.6 Å². The van der Waals surface area contributed by atoms with Crippen molar-refractivity contribution in [2.45, 2.75) is 45.3 Å². The van der Waals surface area contributed by atoms with E-state index in [-0.39, 0.29) is 12.1 Å². The molecular formula is C20H26N2O2. The fraction of sp³-hybridized carbons (Fsp3) is 0.450. The molecule has 0 bridgehead atoms. The van der Waals surface area contributed by atoms with Crippen molar-refractivity contribution in [1.29, 1.82) is 0 Å². The van der Waals surface area contributed by atoms with Crippen molar-refractivity contribution in [2.24, 2.45) is 5.16 Å². The third-order valence-electron chi connectivity index (χ3n) is 4.27. The number of aliphatic hydroxyl groups is 1. The molecule has 128 valence electrons. The molecule has 2 aromatic rings. The number of nitrogens with one attached hydrogen (secondary N) is 1. The van der Waals surface area contributed by atoms with Gasteiger partial charge in [0.25, 0.3) is 0 Å². The number of fused-ring (bicyclic) bond motifs is 3. The molecule has 4 heteroatoms. The molecule has 3 rings (SSSR count). The highest BCUT2D eigenvalue weighted by Gasteiger charge is 2.20. The normalized spacial score (nSPS) is 17.2. The molecule has 0 heterocycles. The third-order valence-corrected chi connectivity index (χ3v) is 4.27. The van der Waals surface area contributed by atoms with Crippen LogP contribution in [-0.2, 0) is 11.3 Å². The lowest BCUT2D eigenvalue weighted by atomic mass is 10.0. The van der Waals surface area contributed by atoms with Gasteiger partial charge < -0.3 is 15.3 Å². The van der Waals surface area contributed by atoms with E-state index in [4.69, 9.17) is 4.84 Å². The average Bonchev–Trinajstić information content (AvgIpc) is 2.96. The quantitative estimate of drug-likeness (QED) is 0.829. The summed E-state index contributed by atoms with van der Waals surface area (Å²) < 4.78 is 0. The highest BCUT2D eigenvalue weighted by atomic mass is 16.6. The Bertz CT molecular complexity index is 747. The molecule has 24 heavy (non-hydrogen) atoms. The standard InChI is InChI=1S/C20H26N2O2/c1-20(2,3)21-12-15(23)13-24-22-19-11-10-17-16-7-5-4-6-14(16)8-9-18(17)19/h4-9,15,21,23H,10-13H2,1-3H3/b22-19+. The van der Waals surface area contributed by atoms with Crippen molar-refractivity contribution >= 4 is 16.5 Å². The number of hydrogen-bond acceptors (Lipinski definition) is 4. The molecule has 4 nitrogen and oxygen atoms in total. The summed E-state index contributed by atoms with van der Waals surface area (Å²) in [5, 5.41) is 20.1. The maximum absolute atomic E-state index is 9.97. The highest BCUT2D eigenvalue weighted by molar-refractivity contribution is 6.08. The van der Waals surface area contributed by atoms with E-state index in [1.165, 1.54) is 21.9 Å². The molecule has 0 amide bonds. The maximum Gasteiger partial charge on any atom is 0.144 e. The first-order valence-corrected chi connectivity index (χ1v) is 8.57. The van der Waals surface area contributed by atoms with Gasteiger partial charge in [-0.1, -0.05) is 41.6 Å². The molecule has 2 N–H and O–H groups in total. The number of nitrogens with zero attached hydrogens (tertiary/aromatic N) is 1. The van der Waals surface area contributed by atoms with Crippen LogP contribution in [-0.4, -0.2) is 35.6 Å². The van der Waals surface area contributed by atoms with Crippen molar-refractivity contribution in [1.82, 2.24) is 5.32 Å². The minimum atomic E-state index is -0.564. The Hall–Kier alpha value is -1.91. The number of hydrogen-bond donors (Lipinski definition) is 2. The van der Waals surface area contributed by atoms with Gasteiger partial charge >= 0.3 is 0 Å². The Morgan fingerprint density at radius 2 is 1.96 bits per heavy atom. The molecule has 0 spiro atoms. The molecule has 1 aliphatic carbocycles. The smallest absolute Gasteiger partial charge is 0.144 e. The summed E-state index contributed by atoms with van der Waals surface area (Å²) in [6.45, 7) is 6.91. The minimum absolute atomic E-state index is 0.0156. The second kappa shape index (κ2) is 6.91. The number of benzene rings is 2. The van der Waals surface area contributed by atoms with Crippen LogP contribution in [0.15, 0.2) is 41.6 Å². The second-order valence-corrected chi connectivity index (χ2v) is 7.43. The molecule has 0 aliphatic heterocycles. The minimum Gasteiger partial charge on any atom is -0.393 e. The molecule has 0 aromatic heterocycles. The highest BCUT2D eigenvalue weighted by Crippen LogP contribution is 2.30. The topological polar surface area (TPSA) is 53.8 Å². The SMILES string of the molecule is CC(C)(C)NCC(O)CO/N=C1\CCc2c1ccc1ccccc21. The van der Waals surface area contributed by atoms with Gasteiger partial charge in [-0.2, -0.15) is 0 Å². The zero-order chi connectivity index (χ0) is 17.2. The average molecular weight is 326 g/mol. The van der Waals surface area contributed by atoms with Crippen LogP contribution >= 0.6 is 0 Å². The number of oxime groups is 1. The predicted octanol–water partition coefficient (Wildman–Crippen LogP) is 3.26. The van der Waals surface area contributed by atoms with E-state index >= 15 is 0 Å². The van der Waals surface area contributed by atoms with E-state index in [9.17, 15) is 5.11 Å². The molecule has 1 atom stereocenters. The van der Waals surface area contributed by atoms with Gasteiger partial charge in [0.05, 0.1) is 5.71 Å². The lowest BCUT2D eigenvalue weighted by molar-refractivity contribution is 0.0371. The molecule has 1 unspecified atom stereocenters. The number of rotatable bonds is 5. The van der Waals surface area contributed by atoms with Gasteiger partial charge in [0.1, 0.15) is 12.7 Å². The van der Waals surface area contributed by atoms with Crippen molar-refractivity contribution in [2.75, 3.05) is 13.2 Å². The van der Waals surface area contributed by atoms with Crippen molar-refractivity contribution in [3.05, 3.63) is 47.5 Å². The van der Waals surface area contributed by atoms with Crippen LogP contribution in [0.3, 0.4) is 0 Å². The summed E-state index contributed by atoms with van der Waals surface area (Å²) in [5.41, 5.74) is 3.49. The van der Waals surface area contributed by atoms with E-state index in [1.54, 1.807) is 0 Å². The van der Waals surface area contributed by atoms with Crippen LogP contribution in [0.1, 0.15) is 38.3 Å².